The van der Waals surface area contributed by atoms with Crippen LogP contribution in [-0.2, 0) is 4.79 Å². The van der Waals surface area contributed by atoms with E-state index in [0.29, 0.717) is 6.41 Å². The van der Waals surface area contributed by atoms with E-state index in [4.69, 9.17) is 0 Å². The number of aromatic nitrogens is 2. The quantitative estimate of drug-likeness (QED) is 0.678. The first-order valence-corrected chi connectivity index (χ1v) is 3.95. The Morgan fingerprint density at radius 1 is 1.54 bits per heavy atom. The van der Waals surface area contributed by atoms with Crippen LogP contribution < -0.4 is 5.32 Å². The average molecular weight is 175 g/mol. The second-order valence-electron chi connectivity index (χ2n) is 2.89. The van der Waals surface area contributed by atoms with Crippen molar-refractivity contribution in [3.63, 3.8) is 0 Å². The van der Waals surface area contributed by atoms with Crippen LogP contribution in [0, 0.1) is 6.92 Å². The zero-order valence-corrected chi connectivity index (χ0v) is 7.16. The van der Waals surface area contributed by atoms with Crippen molar-refractivity contribution < 1.29 is 4.79 Å². The van der Waals surface area contributed by atoms with Gasteiger partial charge in [0.05, 0.1) is 11.7 Å². The lowest BCUT2D eigenvalue weighted by molar-refractivity contribution is -0.105. The Kier molecular flexibility index (Phi) is 1.73. The molecule has 1 amide bonds. The second kappa shape index (κ2) is 2.90. The second-order valence-corrected chi connectivity index (χ2v) is 2.89. The Morgan fingerprint density at radius 3 is 3.15 bits per heavy atom. The third-order valence-electron chi connectivity index (χ3n) is 2.00. The highest BCUT2D eigenvalue weighted by molar-refractivity contribution is 5.86. The molecule has 2 N–H and O–H groups in total. The molecule has 1 heterocycles. The van der Waals surface area contributed by atoms with E-state index in [1.807, 2.05) is 19.1 Å². The zero-order chi connectivity index (χ0) is 9.26. The van der Waals surface area contributed by atoms with Crippen LogP contribution in [-0.4, -0.2) is 16.6 Å². The van der Waals surface area contributed by atoms with E-state index in [-0.39, 0.29) is 0 Å². The van der Waals surface area contributed by atoms with Gasteiger partial charge in [0.1, 0.15) is 0 Å². The Bertz CT molecular complexity index is 447. The summed E-state index contributed by atoms with van der Waals surface area (Å²) < 4.78 is 0. The first-order valence-electron chi connectivity index (χ1n) is 3.95. The topological polar surface area (TPSA) is 57.8 Å². The molecule has 1 aromatic carbocycles. The Labute approximate surface area is 75.0 Å². The number of nitrogens with one attached hydrogen (secondary N) is 2. The monoisotopic (exact) mass is 175 g/mol. The van der Waals surface area contributed by atoms with Crippen molar-refractivity contribution >= 4 is 23.0 Å². The van der Waals surface area contributed by atoms with Gasteiger partial charge in [-0.3, -0.25) is 9.89 Å². The molecule has 0 spiro atoms. The van der Waals surface area contributed by atoms with Gasteiger partial charge in [-0.2, -0.15) is 5.10 Å². The summed E-state index contributed by atoms with van der Waals surface area (Å²) in [4.78, 5) is 10.3. The van der Waals surface area contributed by atoms with Crippen LogP contribution in [0.15, 0.2) is 18.3 Å². The lowest BCUT2D eigenvalue weighted by Gasteiger charge is -2.02. The molecule has 0 saturated carbocycles. The number of fused-ring (bicyclic) bond motifs is 1. The number of hydrogen-bond acceptors (Lipinski definition) is 2. The first kappa shape index (κ1) is 7.79. The van der Waals surface area contributed by atoms with Gasteiger partial charge < -0.3 is 5.32 Å². The molecule has 0 unspecified atom stereocenters. The van der Waals surface area contributed by atoms with Gasteiger partial charge in [-0.05, 0) is 24.6 Å². The van der Waals surface area contributed by atoms with E-state index in [1.54, 1.807) is 6.20 Å². The number of anilines is 1. The number of nitrogens with zero attached hydrogens (tertiary/aromatic N) is 1. The molecule has 0 aliphatic heterocycles. The molecule has 0 radical (unpaired) electrons. The van der Waals surface area contributed by atoms with Crippen molar-refractivity contribution in [2.45, 2.75) is 6.92 Å². The standard InChI is InChI=1S/C9H9N3O/c1-6-2-9-7(4-11-12-9)3-8(6)10-5-13/h2-5H,1H3,(H,10,13)(H,11,12). The van der Waals surface area contributed by atoms with E-state index in [0.717, 1.165) is 22.2 Å². The summed E-state index contributed by atoms with van der Waals surface area (Å²) in [6.07, 6.45) is 2.40. The normalized spacial score (nSPS) is 10.2. The number of H-pyrrole nitrogens is 1. The summed E-state index contributed by atoms with van der Waals surface area (Å²) in [6, 6.07) is 3.84. The SMILES string of the molecule is Cc1cc2[nH]ncc2cc1NC=O. The van der Waals surface area contributed by atoms with Gasteiger partial charge in [-0.15, -0.1) is 0 Å². The van der Waals surface area contributed by atoms with Crippen molar-refractivity contribution in [3.8, 4) is 0 Å². The highest BCUT2D eigenvalue weighted by Crippen LogP contribution is 2.20. The molecule has 0 bridgehead atoms. The Balaban J connectivity index is 2.62. The van der Waals surface area contributed by atoms with Crippen LogP contribution >= 0.6 is 0 Å². The number of rotatable bonds is 2. The molecule has 0 aliphatic rings. The molecule has 0 fully saturated rings. The van der Waals surface area contributed by atoms with E-state index in [2.05, 4.69) is 15.5 Å². The summed E-state index contributed by atoms with van der Waals surface area (Å²) in [7, 11) is 0. The van der Waals surface area contributed by atoms with Gasteiger partial charge in [-0.25, -0.2) is 0 Å². The van der Waals surface area contributed by atoms with Crippen molar-refractivity contribution in [2.24, 2.45) is 0 Å². The third kappa shape index (κ3) is 1.26. The molecular formula is C9H9N3O. The number of amides is 1. The summed E-state index contributed by atoms with van der Waals surface area (Å²) >= 11 is 0. The lowest BCUT2D eigenvalue weighted by Crippen LogP contribution is -1.95. The molecular weight excluding hydrogens is 166 g/mol. The van der Waals surface area contributed by atoms with Crippen LogP contribution in [0.3, 0.4) is 0 Å². The van der Waals surface area contributed by atoms with E-state index in [9.17, 15) is 4.79 Å². The fourth-order valence-corrected chi connectivity index (χ4v) is 1.32. The number of hydrogen-bond donors (Lipinski definition) is 2. The Morgan fingerprint density at radius 2 is 2.38 bits per heavy atom. The lowest BCUT2D eigenvalue weighted by atomic mass is 10.1. The molecule has 0 atom stereocenters. The van der Waals surface area contributed by atoms with Crippen LogP contribution in [0.25, 0.3) is 10.9 Å². The minimum atomic E-state index is 0.675. The minimum Gasteiger partial charge on any atom is -0.328 e. The van der Waals surface area contributed by atoms with Crippen molar-refractivity contribution in [1.82, 2.24) is 10.2 Å². The molecule has 1 aromatic heterocycles. The predicted octanol–water partition coefficient (Wildman–Crippen LogP) is 1.44. The van der Waals surface area contributed by atoms with Gasteiger partial charge in [0.2, 0.25) is 6.41 Å². The fraction of sp³-hybridized carbons (Fsp3) is 0.111. The smallest absolute Gasteiger partial charge is 0.211 e. The van der Waals surface area contributed by atoms with Crippen molar-refractivity contribution in [2.75, 3.05) is 5.32 Å². The van der Waals surface area contributed by atoms with E-state index < -0.39 is 0 Å². The van der Waals surface area contributed by atoms with Gasteiger partial charge in [-0.1, -0.05) is 0 Å². The summed E-state index contributed by atoms with van der Waals surface area (Å²) in [5.41, 5.74) is 2.82. The van der Waals surface area contributed by atoms with Crippen molar-refractivity contribution in [3.05, 3.63) is 23.9 Å². The third-order valence-corrected chi connectivity index (χ3v) is 2.00. The Hall–Kier alpha value is -1.84. The summed E-state index contributed by atoms with van der Waals surface area (Å²) in [6.45, 7) is 1.94. The molecule has 0 aliphatic carbocycles. The zero-order valence-electron chi connectivity index (χ0n) is 7.16. The van der Waals surface area contributed by atoms with Crippen LogP contribution in [0.4, 0.5) is 5.69 Å². The van der Waals surface area contributed by atoms with E-state index >= 15 is 0 Å². The number of aromatic amines is 1. The largest absolute Gasteiger partial charge is 0.328 e. The van der Waals surface area contributed by atoms with Gasteiger partial charge in [0, 0.05) is 11.1 Å². The fourth-order valence-electron chi connectivity index (χ4n) is 1.32. The minimum absolute atomic E-state index is 0.675. The number of carbonyl (C=O) groups excluding carboxylic acids is 1. The van der Waals surface area contributed by atoms with Crippen LogP contribution in [0.5, 0.6) is 0 Å². The average Bonchev–Trinajstić information content (AvgIpc) is 2.52. The van der Waals surface area contributed by atoms with E-state index in [1.165, 1.54) is 0 Å². The van der Waals surface area contributed by atoms with Gasteiger partial charge in [0.25, 0.3) is 0 Å². The molecule has 66 valence electrons. The predicted molar refractivity (Wildman–Crippen MR) is 50.5 cm³/mol. The van der Waals surface area contributed by atoms with Crippen molar-refractivity contribution in [1.29, 1.82) is 0 Å². The number of aryl methyl sites for hydroxylation is 1. The number of benzene rings is 1. The maximum atomic E-state index is 10.3. The molecule has 0 saturated heterocycles. The molecule has 13 heavy (non-hydrogen) atoms. The molecule has 2 rings (SSSR count). The van der Waals surface area contributed by atoms with Gasteiger partial charge >= 0.3 is 0 Å². The maximum Gasteiger partial charge on any atom is 0.211 e. The summed E-state index contributed by atoms with van der Waals surface area (Å²) in [5, 5.41) is 10.4. The van der Waals surface area contributed by atoms with Gasteiger partial charge in [0.15, 0.2) is 0 Å². The van der Waals surface area contributed by atoms with Crippen LogP contribution in [0.1, 0.15) is 5.56 Å². The highest BCUT2D eigenvalue weighted by atomic mass is 16.1. The molecule has 2 aromatic rings. The first-order chi connectivity index (χ1) is 6.31. The highest BCUT2D eigenvalue weighted by Gasteiger charge is 2.01. The maximum absolute atomic E-state index is 10.3. The molecule has 4 nitrogen and oxygen atoms in total. The number of carbonyl (C=O) groups is 1. The summed E-state index contributed by atoms with van der Waals surface area (Å²) in [5.74, 6) is 0. The van der Waals surface area contributed by atoms with Crippen LogP contribution in [0.2, 0.25) is 0 Å². The molecule has 4 heteroatoms.